The van der Waals surface area contributed by atoms with Crippen LogP contribution in [0.15, 0.2) is 48.5 Å². The van der Waals surface area contributed by atoms with Gasteiger partial charge in [-0.2, -0.15) is 8.42 Å². The van der Waals surface area contributed by atoms with Gasteiger partial charge in [0.15, 0.2) is 11.6 Å². The molecule has 0 aliphatic carbocycles. The predicted molar refractivity (Wildman–Crippen MR) is 86.0 cm³/mol. The van der Waals surface area contributed by atoms with Gasteiger partial charge >= 0.3 is 21.9 Å². The zero-order valence-corrected chi connectivity index (χ0v) is 14.2. The SMILES string of the molecule is O=C(Nc1ccc(OC(F)(F)Cl)cc1)NS(=O)(=O)Oc1ccccc1F. The Hall–Kier alpha value is -2.66. The topological polar surface area (TPSA) is 93.7 Å². The number of hydrogen-bond donors (Lipinski definition) is 2. The maximum absolute atomic E-state index is 13.4. The molecule has 2 amide bonds. The van der Waals surface area contributed by atoms with Crippen LogP contribution in [0.4, 0.5) is 23.7 Å². The number of halogens is 4. The Morgan fingerprint density at radius 2 is 1.69 bits per heavy atom. The first-order valence-electron chi connectivity index (χ1n) is 6.68. The van der Waals surface area contributed by atoms with Crippen LogP contribution in [-0.4, -0.2) is 20.0 Å². The molecular formula is C14H10ClF3N2O5S. The summed E-state index contributed by atoms with van der Waals surface area (Å²) < 4.78 is 71.7. The number of hydrogen-bond acceptors (Lipinski definition) is 5. The van der Waals surface area contributed by atoms with Gasteiger partial charge in [-0.1, -0.05) is 12.1 Å². The molecule has 0 aliphatic rings. The van der Waals surface area contributed by atoms with E-state index in [0.717, 1.165) is 36.4 Å². The van der Waals surface area contributed by atoms with E-state index in [9.17, 15) is 26.4 Å². The second-order valence-corrected chi connectivity index (χ2v) is 6.32. The molecule has 140 valence electrons. The minimum absolute atomic E-state index is 0.0498. The van der Waals surface area contributed by atoms with Crippen molar-refractivity contribution in [1.82, 2.24) is 4.72 Å². The molecule has 0 aliphatic heterocycles. The molecule has 0 fully saturated rings. The molecule has 0 saturated carbocycles. The van der Waals surface area contributed by atoms with E-state index in [1.807, 2.05) is 0 Å². The smallest absolute Gasteiger partial charge is 0.420 e. The van der Waals surface area contributed by atoms with Gasteiger partial charge in [-0.25, -0.2) is 13.9 Å². The van der Waals surface area contributed by atoms with Gasteiger partial charge in [0.2, 0.25) is 0 Å². The van der Waals surface area contributed by atoms with E-state index >= 15 is 0 Å². The number of urea groups is 1. The summed E-state index contributed by atoms with van der Waals surface area (Å²) in [5.41, 5.74) is -3.85. The molecule has 12 heteroatoms. The fourth-order valence-electron chi connectivity index (χ4n) is 1.66. The summed E-state index contributed by atoms with van der Waals surface area (Å²) >= 11 is 4.60. The third-order valence-electron chi connectivity index (χ3n) is 2.60. The van der Waals surface area contributed by atoms with Gasteiger partial charge in [0.25, 0.3) is 0 Å². The van der Waals surface area contributed by atoms with E-state index in [1.54, 1.807) is 0 Å². The number of benzene rings is 2. The highest BCUT2D eigenvalue weighted by molar-refractivity contribution is 7.85. The molecule has 7 nitrogen and oxygen atoms in total. The fourth-order valence-corrected chi connectivity index (χ4v) is 2.44. The van der Waals surface area contributed by atoms with Gasteiger partial charge < -0.3 is 14.2 Å². The molecule has 0 unspecified atom stereocenters. The highest BCUT2D eigenvalue weighted by atomic mass is 35.5. The largest absolute Gasteiger partial charge is 0.487 e. The average Bonchev–Trinajstić information content (AvgIpc) is 2.49. The van der Waals surface area contributed by atoms with E-state index in [1.165, 1.54) is 16.9 Å². The maximum atomic E-state index is 13.4. The zero-order valence-electron chi connectivity index (χ0n) is 12.6. The van der Waals surface area contributed by atoms with Gasteiger partial charge in [-0.15, -0.1) is 8.78 Å². The predicted octanol–water partition coefficient (Wildman–Crippen LogP) is 3.44. The highest BCUT2D eigenvalue weighted by Gasteiger charge is 2.27. The molecule has 2 N–H and O–H groups in total. The van der Waals surface area contributed by atoms with E-state index in [4.69, 9.17) is 0 Å². The molecule has 2 aromatic rings. The number of amides is 2. The van der Waals surface area contributed by atoms with Crippen molar-refractivity contribution in [1.29, 1.82) is 0 Å². The quantitative estimate of drug-likeness (QED) is 0.711. The molecular weight excluding hydrogens is 401 g/mol. The number of para-hydroxylation sites is 1. The molecule has 2 rings (SSSR count). The van der Waals surface area contributed by atoms with E-state index < -0.39 is 33.5 Å². The number of nitrogens with one attached hydrogen (secondary N) is 2. The summed E-state index contributed by atoms with van der Waals surface area (Å²) in [6.07, 6.45) is 0. The number of anilines is 1. The van der Waals surface area contributed by atoms with Crippen molar-refractivity contribution >= 4 is 33.6 Å². The van der Waals surface area contributed by atoms with Crippen molar-refractivity contribution in [2.45, 2.75) is 5.57 Å². The van der Waals surface area contributed by atoms with Crippen molar-refractivity contribution < 1.29 is 35.3 Å². The van der Waals surface area contributed by atoms with Gasteiger partial charge in [-0.05, 0) is 36.4 Å². The monoisotopic (exact) mass is 410 g/mol. The molecule has 0 bridgehead atoms. The summed E-state index contributed by atoms with van der Waals surface area (Å²) in [7, 11) is -4.65. The minimum Gasteiger partial charge on any atom is -0.420 e. The molecule has 0 aromatic heterocycles. The summed E-state index contributed by atoms with van der Waals surface area (Å²) in [4.78, 5) is 11.7. The van der Waals surface area contributed by atoms with Crippen molar-refractivity contribution in [3.05, 3.63) is 54.3 Å². The number of ether oxygens (including phenoxy) is 1. The second-order valence-electron chi connectivity index (χ2n) is 4.60. The fraction of sp³-hybridized carbons (Fsp3) is 0.0714. The molecule has 0 heterocycles. The van der Waals surface area contributed by atoms with Crippen LogP contribution >= 0.6 is 11.6 Å². The standard InChI is InChI=1S/C14H10ClF3N2O5S/c15-14(17,18)24-10-7-5-9(6-8-10)19-13(21)20-26(22,23)25-12-4-2-1-3-11(12)16/h1-8H,(H2,19,20,21). The third-order valence-corrected chi connectivity index (χ3v) is 3.51. The van der Waals surface area contributed by atoms with Crippen LogP contribution in [0.1, 0.15) is 0 Å². The van der Waals surface area contributed by atoms with Crippen LogP contribution in [-0.2, 0) is 10.3 Å². The summed E-state index contributed by atoms with van der Waals surface area (Å²) in [6.45, 7) is 0. The van der Waals surface area contributed by atoms with E-state index in [-0.39, 0.29) is 11.4 Å². The first-order chi connectivity index (χ1) is 12.0. The molecule has 0 radical (unpaired) electrons. The Labute approximate surface area is 150 Å². The Balaban J connectivity index is 1.96. The van der Waals surface area contributed by atoms with Gasteiger partial charge in [-0.3, -0.25) is 0 Å². The van der Waals surface area contributed by atoms with Gasteiger partial charge in [0.1, 0.15) is 5.75 Å². The van der Waals surface area contributed by atoms with Crippen molar-refractivity contribution in [2.75, 3.05) is 5.32 Å². The molecule has 2 aromatic carbocycles. The summed E-state index contributed by atoms with van der Waals surface area (Å²) in [5, 5.41) is 2.11. The molecule has 26 heavy (non-hydrogen) atoms. The van der Waals surface area contributed by atoms with Crippen molar-refractivity contribution in [3.8, 4) is 11.5 Å². The van der Waals surface area contributed by atoms with Crippen LogP contribution in [0.3, 0.4) is 0 Å². The number of rotatable bonds is 6. The molecule has 0 saturated heterocycles. The minimum atomic E-state index is -4.65. The third kappa shape index (κ3) is 6.33. The number of carbonyl (C=O) groups excluding carboxylic acids is 1. The first kappa shape index (κ1) is 19.7. The Bertz CT molecular complexity index is 888. The van der Waals surface area contributed by atoms with Crippen LogP contribution in [0.5, 0.6) is 11.5 Å². The van der Waals surface area contributed by atoms with Gasteiger partial charge in [0, 0.05) is 17.3 Å². The van der Waals surface area contributed by atoms with Crippen molar-refractivity contribution in [3.63, 3.8) is 0 Å². The van der Waals surface area contributed by atoms with Crippen LogP contribution in [0.2, 0.25) is 0 Å². The maximum Gasteiger partial charge on any atom is 0.487 e. The Morgan fingerprint density at radius 1 is 1.08 bits per heavy atom. The lowest BCUT2D eigenvalue weighted by Crippen LogP contribution is -2.37. The summed E-state index contributed by atoms with van der Waals surface area (Å²) in [6, 6.07) is 7.90. The van der Waals surface area contributed by atoms with Crippen LogP contribution < -0.4 is 19.0 Å². The zero-order chi connectivity index (χ0) is 19.4. The normalized spacial score (nSPS) is 11.5. The summed E-state index contributed by atoms with van der Waals surface area (Å²) in [5.74, 6) is -1.83. The number of alkyl halides is 3. The lowest BCUT2D eigenvalue weighted by molar-refractivity contribution is -0.0964. The average molecular weight is 411 g/mol. The van der Waals surface area contributed by atoms with Crippen LogP contribution in [0, 0.1) is 5.82 Å². The number of carbonyl (C=O) groups is 1. The lowest BCUT2D eigenvalue weighted by atomic mass is 10.3. The Morgan fingerprint density at radius 3 is 2.27 bits per heavy atom. The van der Waals surface area contributed by atoms with Crippen LogP contribution in [0.25, 0.3) is 0 Å². The first-order valence-corrected chi connectivity index (χ1v) is 8.46. The highest BCUT2D eigenvalue weighted by Crippen LogP contribution is 2.26. The van der Waals surface area contributed by atoms with Gasteiger partial charge in [0.05, 0.1) is 0 Å². The molecule has 0 atom stereocenters. The molecule has 0 spiro atoms. The second kappa shape index (κ2) is 7.70. The lowest BCUT2D eigenvalue weighted by Gasteiger charge is -2.12. The Kier molecular flexibility index (Phi) is 5.83. The van der Waals surface area contributed by atoms with E-state index in [0.29, 0.717) is 0 Å². The van der Waals surface area contributed by atoms with E-state index in [2.05, 4.69) is 25.8 Å². The van der Waals surface area contributed by atoms with Crippen molar-refractivity contribution in [2.24, 2.45) is 0 Å².